The summed E-state index contributed by atoms with van der Waals surface area (Å²) in [7, 11) is 0. The molecule has 2 N–H and O–H groups in total. The Balaban J connectivity index is 2.51. The van der Waals surface area contributed by atoms with Crippen molar-refractivity contribution in [3.63, 3.8) is 0 Å². The van der Waals surface area contributed by atoms with Gasteiger partial charge >= 0.3 is 12.2 Å². The third-order valence-corrected chi connectivity index (χ3v) is 4.71. The van der Waals surface area contributed by atoms with Crippen molar-refractivity contribution in [1.82, 2.24) is 14.9 Å². The van der Waals surface area contributed by atoms with Gasteiger partial charge < -0.3 is 19.4 Å². The van der Waals surface area contributed by atoms with Crippen LogP contribution in [0.15, 0.2) is 24.4 Å². The van der Waals surface area contributed by atoms with E-state index in [0.717, 1.165) is 0 Å². The number of carbonyl (C=O) groups is 2. The topological polar surface area (TPSA) is 118 Å². The van der Waals surface area contributed by atoms with Gasteiger partial charge in [-0.15, -0.1) is 0 Å². The average molecular weight is 557 g/mol. The number of amides is 2. The van der Waals surface area contributed by atoms with Crippen LogP contribution in [0.25, 0.3) is 0 Å². The molecule has 0 aliphatic rings. The Morgan fingerprint density at radius 2 is 1.97 bits per heavy atom. The Hall–Kier alpha value is -2.88. The second-order valence-electron chi connectivity index (χ2n) is 8.13. The molecule has 1 aromatic carbocycles. The maximum Gasteiger partial charge on any atom is 0.411 e. The standard InChI is InChI=1S/C21H25FIN5O4/c1-6-31-18(29)25-13-7-8-15(22)14(9-13)21(5,27-19(30)32-20(2,3)4)12-28-11-16(23)26-17(28)10-24/h7-9,11H,6,12H2,1-5H3,(H,25,29)(H,27,30). The molecule has 9 nitrogen and oxygen atoms in total. The van der Waals surface area contributed by atoms with Gasteiger partial charge in [0, 0.05) is 17.4 Å². The molecule has 0 fully saturated rings. The highest BCUT2D eigenvalue weighted by molar-refractivity contribution is 14.1. The van der Waals surface area contributed by atoms with Crippen LogP contribution in [0.2, 0.25) is 0 Å². The lowest BCUT2D eigenvalue weighted by molar-refractivity contribution is 0.0448. The average Bonchev–Trinajstić information content (AvgIpc) is 3.00. The number of carbonyl (C=O) groups excluding carboxylic acids is 2. The van der Waals surface area contributed by atoms with Gasteiger partial charge in [0.2, 0.25) is 5.82 Å². The van der Waals surface area contributed by atoms with Crippen LogP contribution in [0.1, 0.15) is 46.0 Å². The fourth-order valence-corrected chi connectivity index (χ4v) is 3.53. The third kappa shape index (κ3) is 6.81. The van der Waals surface area contributed by atoms with Gasteiger partial charge in [-0.05, 0) is 75.4 Å². The number of halogens is 2. The number of benzene rings is 1. The van der Waals surface area contributed by atoms with Gasteiger partial charge in [0.1, 0.15) is 21.2 Å². The second kappa shape index (κ2) is 10.2. The number of rotatable bonds is 6. The number of hydrogen-bond donors (Lipinski definition) is 2. The molecule has 0 aliphatic heterocycles. The van der Waals surface area contributed by atoms with Gasteiger partial charge in [-0.2, -0.15) is 5.26 Å². The lowest BCUT2D eigenvalue weighted by Crippen LogP contribution is -2.49. The summed E-state index contributed by atoms with van der Waals surface area (Å²) in [5, 5.41) is 14.6. The minimum atomic E-state index is -1.37. The van der Waals surface area contributed by atoms with Crippen LogP contribution in [0.3, 0.4) is 0 Å². The van der Waals surface area contributed by atoms with E-state index >= 15 is 4.39 Å². The molecule has 0 saturated carbocycles. The third-order valence-electron chi connectivity index (χ3n) is 4.19. The number of nitrogens with one attached hydrogen (secondary N) is 2. The Bertz CT molecular complexity index is 1040. The van der Waals surface area contributed by atoms with Crippen LogP contribution in [0, 0.1) is 20.8 Å². The number of anilines is 1. The zero-order valence-corrected chi connectivity index (χ0v) is 20.6. The normalized spacial score (nSPS) is 12.9. The van der Waals surface area contributed by atoms with E-state index < -0.39 is 29.1 Å². The first kappa shape index (κ1) is 25.4. The fourth-order valence-electron chi connectivity index (χ4n) is 2.97. The molecule has 0 bridgehead atoms. The molecule has 172 valence electrons. The summed E-state index contributed by atoms with van der Waals surface area (Å²) in [4.78, 5) is 28.5. The molecule has 0 spiro atoms. The quantitative estimate of drug-likeness (QED) is 0.505. The Labute approximate surface area is 199 Å². The van der Waals surface area contributed by atoms with Gasteiger partial charge in [-0.3, -0.25) is 5.32 Å². The highest BCUT2D eigenvalue weighted by Gasteiger charge is 2.35. The molecule has 1 aromatic heterocycles. The zero-order chi connectivity index (χ0) is 24.1. The molecular weight excluding hydrogens is 532 g/mol. The molecule has 0 saturated heterocycles. The van der Waals surface area contributed by atoms with Gasteiger partial charge in [-0.25, -0.2) is 19.0 Å². The monoisotopic (exact) mass is 557 g/mol. The van der Waals surface area contributed by atoms with Crippen molar-refractivity contribution in [2.45, 2.75) is 52.3 Å². The molecule has 32 heavy (non-hydrogen) atoms. The van der Waals surface area contributed by atoms with Crippen LogP contribution in [0.4, 0.5) is 19.7 Å². The van der Waals surface area contributed by atoms with Crippen LogP contribution >= 0.6 is 22.6 Å². The van der Waals surface area contributed by atoms with Crippen molar-refractivity contribution in [3.05, 3.63) is 45.3 Å². The van der Waals surface area contributed by atoms with Crippen LogP contribution in [-0.4, -0.2) is 33.9 Å². The lowest BCUT2D eigenvalue weighted by atomic mass is 9.90. The molecule has 11 heteroatoms. The van der Waals surface area contributed by atoms with Crippen molar-refractivity contribution in [2.75, 3.05) is 11.9 Å². The summed E-state index contributed by atoms with van der Waals surface area (Å²) < 4.78 is 27.3. The summed E-state index contributed by atoms with van der Waals surface area (Å²) in [6.07, 6.45) is 0.159. The molecule has 1 unspecified atom stereocenters. The number of imidazole rings is 1. The SMILES string of the molecule is CCOC(=O)Nc1ccc(F)c(C(C)(Cn2cc(I)nc2C#N)NC(=O)OC(C)(C)C)c1. The van der Waals surface area contributed by atoms with E-state index in [0.29, 0.717) is 3.70 Å². The van der Waals surface area contributed by atoms with E-state index in [9.17, 15) is 14.9 Å². The molecule has 1 heterocycles. The summed E-state index contributed by atoms with van der Waals surface area (Å²) in [6.45, 7) is 8.54. The number of nitriles is 1. The molecule has 2 aromatic rings. The van der Waals surface area contributed by atoms with E-state index in [1.165, 1.54) is 22.8 Å². The molecular formula is C21H25FIN5O4. The van der Waals surface area contributed by atoms with Gasteiger partial charge in [-0.1, -0.05) is 0 Å². The second-order valence-corrected chi connectivity index (χ2v) is 9.23. The van der Waals surface area contributed by atoms with E-state index in [2.05, 4.69) is 15.6 Å². The summed E-state index contributed by atoms with van der Waals surface area (Å²) in [5.74, 6) is -0.515. The minimum Gasteiger partial charge on any atom is -0.450 e. The smallest absolute Gasteiger partial charge is 0.411 e. The van der Waals surface area contributed by atoms with Crippen molar-refractivity contribution in [3.8, 4) is 6.07 Å². The molecule has 1 atom stereocenters. The number of alkyl carbamates (subject to hydrolysis) is 1. The maximum absolute atomic E-state index is 15.0. The van der Waals surface area contributed by atoms with Gasteiger partial charge in [0.05, 0.1) is 18.7 Å². The van der Waals surface area contributed by atoms with Gasteiger partial charge in [0.25, 0.3) is 0 Å². The molecule has 2 rings (SSSR count). The Morgan fingerprint density at radius 3 is 2.56 bits per heavy atom. The summed E-state index contributed by atoms with van der Waals surface area (Å²) in [5.41, 5.74) is -1.80. The first-order valence-corrected chi connectivity index (χ1v) is 10.8. The predicted octanol–water partition coefficient (Wildman–Crippen LogP) is 4.51. The number of hydrogen-bond acceptors (Lipinski definition) is 6. The molecule has 0 aliphatic carbocycles. The van der Waals surface area contributed by atoms with Crippen molar-refractivity contribution < 1.29 is 23.5 Å². The van der Waals surface area contributed by atoms with E-state index in [1.807, 2.05) is 28.7 Å². The number of ether oxygens (including phenoxy) is 2. The zero-order valence-electron chi connectivity index (χ0n) is 18.5. The Morgan fingerprint density at radius 1 is 1.28 bits per heavy atom. The van der Waals surface area contributed by atoms with E-state index in [4.69, 9.17) is 9.47 Å². The van der Waals surface area contributed by atoms with Crippen LogP contribution in [0.5, 0.6) is 0 Å². The van der Waals surface area contributed by atoms with Crippen molar-refractivity contribution >= 4 is 40.5 Å². The van der Waals surface area contributed by atoms with Crippen LogP contribution < -0.4 is 10.6 Å². The highest BCUT2D eigenvalue weighted by Crippen LogP contribution is 2.30. The highest BCUT2D eigenvalue weighted by atomic mass is 127. The Kier molecular flexibility index (Phi) is 8.06. The first-order valence-electron chi connectivity index (χ1n) is 9.74. The van der Waals surface area contributed by atoms with Crippen molar-refractivity contribution in [1.29, 1.82) is 5.26 Å². The van der Waals surface area contributed by atoms with Gasteiger partial charge in [0.15, 0.2) is 0 Å². The largest absolute Gasteiger partial charge is 0.450 e. The van der Waals surface area contributed by atoms with Crippen LogP contribution in [-0.2, 0) is 21.6 Å². The summed E-state index contributed by atoms with van der Waals surface area (Å²) in [6, 6.07) is 5.94. The molecule has 2 amide bonds. The van der Waals surface area contributed by atoms with Crippen molar-refractivity contribution in [2.24, 2.45) is 0 Å². The summed E-state index contributed by atoms with van der Waals surface area (Å²) >= 11 is 1.96. The lowest BCUT2D eigenvalue weighted by Gasteiger charge is -2.33. The van der Waals surface area contributed by atoms with E-state index in [1.54, 1.807) is 40.8 Å². The maximum atomic E-state index is 15.0. The number of aromatic nitrogens is 2. The van der Waals surface area contributed by atoms with E-state index in [-0.39, 0.29) is 30.2 Å². The minimum absolute atomic E-state index is 0.0229. The number of nitrogens with zero attached hydrogens (tertiary/aromatic N) is 3. The fraction of sp³-hybridized carbons (Fsp3) is 0.429. The predicted molar refractivity (Wildman–Crippen MR) is 123 cm³/mol. The first-order chi connectivity index (χ1) is 14.9. The molecule has 0 radical (unpaired) electrons.